The predicted octanol–water partition coefficient (Wildman–Crippen LogP) is 2.34. The number of aliphatic imine (C=N–C) groups is 1. The third-order valence-electron chi connectivity index (χ3n) is 3.88. The lowest BCUT2D eigenvalue weighted by atomic mass is 10.2. The van der Waals surface area contributed by atoms with Crippen molar-refractivity contribution >= 4 is 5.96 Å². The first-order chi connectivity index (χ1) is 10.8. The Morgan fingerprint density at radius 3 is 2.95 bits per heavy atom. The van der Waals surface area contributed by atoms with E-state index < -0.39 is 0 Å². The average Bonchev–Trinajstić information content (AvgIpc) is 3.02. The molecular formula is C17H23N5. The number of hydrogen-bond acceptors (Lipinski definition) is 2. The van der Waals surface area contributed by atoms with Crippen LogP contribution < -0.4 is 10.6 Å². The molecule has 1 aromatic heterocycles. The van der Waals surface area contributed by atoms with E-state index in [0.717, 1.165) is 24.1 Å². The van der Waals surface area contributed by atoms with Crippen molar-refractivity contribution in [2.45, 2.75) is 32.9 Å². The van der Waals surface area contributed by atoms with Crippen molar-refractivity contribution in [3.05, 3.63) is 48.3 Å². The van der Waals surface area contributed by atoms with Gasteiger partial charge in [0.2, 0.25) is 0 Å². The van der Waals surface area contributed by atoms with Gasteiger partial charge in [-0.2, -0.15) is 5.10 Å². The highest BCUT2D eigenvalue weighted by atomic mass is 15.3. The SMILES string of the molecule is CCNC(=NCc1cccc(-n2cccn2)c1)NC1CC1C. The Hall–Kier alpha value is -2.30. The van der Waals surface area contributed by atoms with Gasteiger partial charge in [-0.15, -0.1) is 0 Å². The minimum atomic E-state index is 0.577. The topological polar surface area (TPSA) is 54.2 Å². The van der Waals surface area contributed by atoms with Crippen molar-refractivity contribution in [2.75, 3.05) is 6.54 Å². The highest BCUT2D eigenvalue weighted by Crippen LogP contribution is 2.28. The molecule has 1 fully saturated rings. The van der Waals surface area contributed by atoms with Crippen molar-refractivity contribution < 1.29 is 0 Å². The Kier molecular flexibility index (Phi) is 4.42. The third-order valence-corrected chi connectivity index (χ3v) is 3.88. The third kappa shape index (κ3) is 3.67. The van der Waals surface area contributed by atoms with Gasteiger partial charge in [-0.05, 0) is 43.0 Å². The molecule has 1 aromatic carbocycles. The zero-order chi connectivity index (χ0) is 15.4. The van der Waals surface area contributed by atoms with E-state index in [-0.39, 0.29) is 0 Å². The molecule has 0 spiro atoms. The number of nitrogens with one attached hydrogen (secondary N) is 2. The first kappa shape index (κ1) is 14.6. The van der Waals surface area contributed by atoms with Crippen LogP contribution in [0.5, 0.6) is 0 Å². The zero-order valence-electron chi connectivity index (χ0n) is 13.2. The van der Waals surface area contributed by atoms with Crippen molar-refractivity contribution in [1.29, 1.82) is 0 Å². The summed E-state index contributed by atoms with van der Waals surface area (Å²) in [7, 11) is 0. The number of hydrogen-bond donors (Lipinski definition) is 2. The molecule has 5 nitrogen and oxygen atoms in total. The van der Waals surface area contributed by atoms with E-state index in [4.69, 9.17) is 0 Å². The zero-order valence-corrected chi connectivity index (χ0v) is 13.2. The summed E-state index contributed by atoms with van der Waals surface area (Å²) in [5.74, 6) is 1.66. The quantitative estimate of drug-likeness (QED) is 0.658. The molecule has 5 heteroatoms. The minimum absolute atomic E-state index is 0.577. The molecule has 2 N–H and O–H groups in total. The van der Waals surface area contributed by atoms with Crippen LogP contribution >= 0.6 is 0 Å². The molecule has 0 saturated heterocycles. The van der Waals surface area contributed by atoms with Gasteiger partial charge in [-0.1, -0.05) is 19.1 Å². The lowest BCUT2D eigenvalue weighted by Crippen LogP contribution is -2.39. The van der Waals surface area contributed by atoms with Gasteiger partial charge in [0.05, 0.1) is 12.2 Å². The van der Waals surface area contributed by atoms with Gasteiger partial charge >= 0.3 is 0 Å². The van der Waals surface area contributed by atoms with Crippen molar-refractivity contribution in [3.63, 3.8) is 0 Å². The molecule has 2 aromatic rings. The van der Waals surface area contributed by atoms with E-state index in [9.17, 15) is 0 Å². The maximum Gasteiger partial charge on any atom is 0.191 e. The lowest BCUT2D eigenvalue weighted by Gasteiger charge is -2.11. The summed E-state index contributed by atoms with van der Waals surface area (Å²) in [5.41, 5.74) is 2.24. The molecule has 2 unspecified atom stereocenters. The Morgan fingerprint density at radius 2 is 2.27 bits per heavy atom. The van der Waals surface area contributed by atoms with E-state index in [1.54, 1.807) is 6.20 Å². The summed E-state index contributed by atoms with van der Waals surface area (Å²) in [6.07, 6.45) is 4.97. The van der Waals surface area contributed by atoms with Crippen LogP contribution in [0.1, 0.15) is 25.8 Å². The van der Waals surface area contributed by atoms with Crippen LogP contribution in [0.15, 0.2) is 47.7 Å². The molecule has 2 atom stereocenters. The fourth-order valence-corrected chi connectivity index (χ4v) is 2.41. The van der Waals surface area contributed by atoms with Crippen molar-refractivity contribution in [3.8, 4) is 5.69 Å². The van der Waals surface area contributed by atoms with Crippen LogP contribution in [0, 0.1) is 5.92 Å². The second kappa shape index (κ2) is 6.64. The number of guanidine groups is 1. The van der Waals surface area contributed by atoms with E-state index in [0.29, 0.717) is 12.6 Å². The predicted molar refractivity (Wildman–Crippen MR) is 89.1 cm³/mol. The van der Waals surface area contributed by atoms with E-state index in [2.05, 4.69) is 52.8 Å². The number of aromatic nitrogens is 2. The molecule has 1 heterocycles. The Bertz CT molecular complexity index is 632. The Morgan fingerprint density at radius 1 is 1.41 bits per heavy atom. The standard InChI is InChI=1S/C17H23N5/c1-3-18-17(21-16-10-13(16)2)19-12-14-6-4-7-15(11-14)22-9-5-8-20-22/h4-9,11,13,16H,3,10,12H2,1-2H3,(H2,18,19,21). The largest absolute Gasteiger partial charge is 0.357 e. The number of rotatable bonds is 5. The molecule has 0 radical (unpaired) electrons. The second-order valence-electron chi connectivity index (χ2n) is 5.78. The van der Waals surface area contributed by atoms with Gasteiger partial charge in [-0.3, -0.25) is 0 Å². The van der Waals surface area contributed by atoms with Gasteiger partial charge in [-0.25, -0.2) is 9.67 Å². The molecule has 1 saturated carbocycles. The first-order valence-corrected chi connectivity index (χ1v) is 7.90. The minimum Gasteiger partial charge on any atom is -0.357 e. The van der Waals surface area contributed by atoms with E-state index in [1.165, 1.54) is 12.0 Å². The van der Waals surface area contributed by atoms with Gasteiger partial charge < -0.3 is 10.6 Å². The maximum absolute atomic E-state index is 4.69. The highest BCUT2D eigenvalue weighted by Gasteiger charge is 2.33. The van der Waals surface area contributed by atoms with Crippen molar-refractivity contribution in [1.82, 2.24) is 20.4 Å². The summed E-state index contributed by atoms with van der Waals surface area (Å²) >= 11 is 0. The molecule has 22 heavy (non-hydrogen) atoms. The molecule has 1 aliphatic carbocycles. The van der Waals surface area contributed by atoms with Crippen molar-refractivity contribution in [2.24, 2.45) is 10.9 Å². The van der Waals surface area contributed by atoms with Gasteiger partial charge in [0.15, 0.2) is 5.96 Å². The maximum atomic E-state index is 4.69. The molecule has 116 valence electrons. The summed E-state index contributed by atoms with van der Waals surface area (Å²) < 4.78 is 1.86. The molecule has 3 rings (SSSR count). The van der Waals surface area contributed by atoms with E-state index >= 15 is 0 Å². The number of benzene rings is 1. The van der Waals surface area contributed by atoms with Gasteiger partial charge in [0, 0.05) is 25.0 Å². The van der Waals surface area contributed by atoms with Crippen LogP contribution in [0.3, 0.4) is 0 Å². The smallest absolute Gasteiger partial charge is 0.191 e. The van der Waals surface area contributed by atoms with Crippen LogP contribution in [-0.2, 0) is 6.54 Å². The highest BCUT2D eigenvalue weighted by molar-refractivity contribution is 5.80. The second-order valence-corrected chi connectivity index (χ2v) is 5.78. The molecule has 0 bridgehead atoms. The Labute approximate surface area is 131 Å². The van der Waals surface area contributed by atoms with Crippen LogP contribution in [0.4, 0.5) is 0 Å². The molecule has 0 aliphatic heterocycles. The monoisotopic (exact) mass is 297 g/mol. The molecule has 1 aliphatic rings. The molecule has 0 amide bonds. The summed E-state index contributed by atoms with van der Waals surface area (Å²) in [6, 6.07) is 10.8. The summed E-state index contributed by atoms with van der Waals surface area (Å²) in [5, 5.41) is 11.0. The average molecular weight is 297 g/mol. The first-order valence-electron chi connectivity index (χ1n) is 7.90. The lowest BCUT2D eigenvalue weighted by molar-refractivity contribution is 0.766. The fourth-order valence-electron chi connectivity index (χ4n) is 2.41. The molecular weight excluding hydrogens is 274 g/mol. The van der Waals surface area contributed by atoms with Gasteiger partial charge in [0.25, 0.3) is 0 Å². The van der Waals surface area contributed by atoms with Crippen LogP contribution in [-0.4, -0.2) is 28.3 Å². The van der Waals surface area contributed by atoms with E-state index in [1.807, 2.05) is 23.0 Å². The van der Waals surface area contributed by atoms with Gasteiger partial charge in [0.1, 0.15) is 0 Å². The summed E-state index contributed by atoms with van der Waals surface area (Å²) in [6.45, 7) is 5.88. The summed E-state index contributed by atoms with van der Waals surface area (Å²) in [4.78, 5) is 4.69. The fraction of sp³-hybridized carbons (Fsp3) is 0.412. The van der Waals surface area contributed by atoms with Crippen LogP contribution in [0.2, 0.25) is 0 Å². The normalized spacial score (nSPS) is 20.7. The Balaban J connectivity index is 1.68. The van der Waals surface area contributed by atoms with Crippen LogP contribution in [0.25, 0.3) is 5.69 Å². The number of nitrogens with zero attached hydrogens (tertiary/aromatic N) is 3.